The Labute approximate surface area is 93.7 Å². The Balaban J connectivity index is 2.78. The molecule has 14 heavy (non-hydrogen) atoms. The maximum atomic E-state index is 11.8. The van der Waals surface area contributed by atoms with Gasteiger partial charge in [0.05, 0.1) is 0 Å². The van der Waals surface area contributed by atoms with Gasteiger partial charge in [-0.15, -0.1) is 0 Å². The van der Waals surface area contributed by atoms with Gasteiger partial charge in [-0.3, -0.25) is 4.79 Å². The van der Waals surface area contributed by atoms with Crippen LogP contribution in [0.1, 0.15) is 35.7 Å². The Morgan fingerprint density at radius 1 is 1.36 bits per heavy atom. The van der Waals surface area contributed by atoms with Gasteiger partial charge in [-0.1, -0.05) is 47.1 Å². The van der Waals surface area contributed by atoms with E-state index in [1.54, 1.807) is 0 Å². The Hall–Kier alpha value is -0.630. The predicted octanol–water partition coefficient (Wildman–Crippen LogP) is 3.61. The SMILES string of the molecule is CCc1ccccc1C(=O)CCCBr. The molecule has 0 amide bonds. The van der Waals surface area contributed by atoms with Gasteiger partial charge in [-0.2, -0.15) is 0 Å². The van der Waals surface area contributed by atoms with Crippen molar-refractivity contribution in [2.45, 2.75) is 26.2 Å². The molecule has 0 atom stereocenters. The van der Waals surface area contributed by atoms with Gasteiger partial charge in [0.2, 0.25) is 0 Å². The monoisotopic (exact) mass is 254 g/mol. The number of aryl methyl sites for hydroxylation is 1. The minimum atomic E-state index is 0.266. The van der Waals surface area contributed by atoms with E-state index >= 15 is 0 Å². The fraction of sp³-hybridized carbons (Fsp3) is 0.417. The quantitative estimate of drug-likeness (QED) is 0.580. The fourth-order valence-electron chi connectivity index (χ4n) is 1.46. The van der Waals surface area contributed by atoms with Gasteiger partial charge in [0.15, 0.2) is 5.78 Å². The number of rotatable bonds is 5. The standard InChI is InChI=1S/C12H15BrO/c1-2-10-6-3-4-7-11(10)12(14)8-5-9-13/h3-4,6-7H,2,5,8-9H2,1H3. The Kier molecular flexibility index (Phi) is 4.88. The molecule has 0 unspecified atom stereocenters. The van der Waals surface area contributed by atoms with E-state index in [1.807, 2.05) is 24.3 Å². The van der Waals surface area contributed by atoms with Crippen molar-refractivity contribution in [2.75, 3.05) is 5.33 Å². The van der Waals surface area contributed by atoms with Crippen LogP contribution in [0.25, 0.3) is 0 Å². The predicted molar refractivity (Wildman–Crippen MR) is 63.2 cm³/mol. The third kappa shape index (κ3) is 2.95. The van der Waals surface area contributed by atoms with Gasteiger partial charge in [0.25, 0.3) is 0 Å². The van der Waals surface area contributed by atoms with Crippen LogP contribution in [0.4, 0.5) is 0 Å². The summed E-state index contributed by atoms with van der Waals surface area (Å²) in [7, 11) is 0. The first-order valence-corrected chi connectivity index (χ1v) is 6.08. The molecule has 0 bridgehead atoms. The lowest BCUT2D eigenvalue weighted by molar-refractivity contribution is 0.0981. The zero-order valence-corrected chi connectivity index (χ0v) is 10.0. The molecule has 1 aromatic carbocycles. The molecule has 1 nitrogen and oxygen atoms in total. The summed E-state index contributed by atoms with van der Waals surface area (Å²) in [6.07, 6.45) is 2.48. The molecule has 0 saturated carbocycles. The first kappa shape index (κ1) is 11.4. The average molecular weight is 255 g/mol. The third-order valence-corrected chi connectivity index (χ3v) is 2.80. The average Bonchev–Trinajstić information content (AvgIpc) is 2.25. The van der Waals surface area contributed by atoms with Crippen molar-refractivity contribution in [1.82, 2.24) is 0 Å². The van der Waals surface area contributed by atoms with Crippen molar-refractivity contribution in [3.8, 4) is 0 Å². The highest BCUT2D eigenvalue weighted by Crippen LogP contribution is 2.13. The molecule has 76 valence electrons. The second-order valence-electron chi connectivity index (χ2n) is 3.23. The number of carbonyl (C=O) groups excluding carboxylic acids is 1. The van der Waals surface area contributed by atoms with Crippen LogP contribution >= 0.6 is 15.9 Å². The van der Waals surface area contributed by atoms with E-state index in [-0.39, 0.29) is 5.78 Å². The van der Waals surface area contributed by atoms with Crippen LogP contribution in [0, 0.1) is 0 Å². The van der Waals surface area contributed by atoms with E-state index in [2.05, 4.69) is 22.9 Å². The number of hydrogen-bond acceptors (Lipinski definition) is 1. The lowest BCUT2D eigenvalue weighted by Crippen LogP contribution is -2.03. The lowest BCUT2D eigenvalue weighted by atomic mass is 9.99. The molecule has 1 rings (SSSR count). The number of alkyl halides is 1. The van der Waals surface area contributed by atoms with E-state index < -0.39 is 0 Å². The summed E-state index contributed by atoms with van der Waals surface area (Å²) in [4.78, 5) is 11.8. The second-order valence-corrected chi connectivity index (χ2v) is 4.02. The van der Waals surface area contributed by atoms with Crippen molar-refractivity contribution in [3.63, 3.8) is 0 Å². The zero-order chi connectivity index (χ0) is 10.4. The van der Waals surface area contributed by atoms with Crippen molar-refractivity contribution in [3.05, 3.63) is 35.4 Å². The molecule has 0 heterocycles. The Morgan fingerprint density at radius 2 is 2.07 bits per heavy atom. The molecule has 0 radical (unpaired) electrons. The molecule has 0 saturated heterocycles. The highest BCUT2D eigenvalue weighted by molar-refractivity contribution is 9.09. The highest BCUT2D eigenvalue weighted by Gasteiger charge is 2.08. The minimum Gasteiger partial charge on any atom is -0.294 e. The van der Waals surface area contributed by atoms with E-state index in [9.17, 15) is 4.79 Å². The van der Waals surface area contributed by atoms with Crippen LogP contribution < -0.4 is 0 Å². The summed E-state index contributed by atoms with van der Waals surface area (Å²) < 4.78 is 0. The number of benzene rings is 1. The molecule has 0 aliphatic heterocycles. The summed E-state index contributed by atoms with van der Waals surface area (Å²) in [5.74, 6) is 0.266. The molecule has 2 heteroatoms. The summed E-state index contributed by atoms with van der Waals surface area (Å²) >= 11 is 3.33. The van der Waals surface area contributed by atoms with Crippen molar-refractivity contribution < 1.29 is 4.79 Å². The first-order valence-electron chi connectivity index (χ1n) is 4.96. The number of ketones is 1. The van der Waals surface area contributed by atoms with E-state index in [4.69, 9.17) is 0 Å². The number of halogens is 1. The van der Waals surface area contributed by atoms with E-state index in [0.717, 1.165) is 29.3 Å². The molecule has 1 aromatic rings. The maximum absolute atomic E-state index is 11.8. The van der Waals surface area contributed by atoms with Gasteiger partial charge in [-0.25, -0.2) is 0 Å². The third-order valence-electron chi connectivity index (χ3n) is 2.24. The molecule has 0 N–H and O–H groups in total. The summed E-state index contributed by atoms with van der Waals surface area (Å²) in [6.45, 7) is 2.08. The van der Waals surface area contributed by atoms with Crippen LogP contribution in [0.15, 0.2) is 24.3 Å². The van der Waals surface area contributed by atoms with E-state index in [1.165, 1.54) is 0 Å². The number of Topliss-reactive ketones (excluding diaryl/α,β-unsaturated/α-hetero) is 1. The smallest absolute Gasteiger partial charge is 0.163 e. The van der Waals surface area contributed by atoms with Gasteiger partial charge in [0.1, 0.15) is 0 Å². The van der Waals surface area contributed by atoms with Crippen LogP contribution in [0.5, 0.6) is 0 Å². The van der Waals surface area contributed by atoms with Crippen LogP contribution in [0.3, 0.4) is 0 Å². The first-order chi connectivity index (χ1) is 6.79. The van der Waals surface area contributed by atoms with E-state index in [0.29, 0.717) is 6.42 Å². The second kappa shape index (κ2) is 5.97. The van der Waals surface area contributed by atoms with Gasteiger partial charge >= 0.3 is 0 Å². The molecule has 0 spiro atoms. The Morgan fingerprint density at radius 3 is 2.71 bits per heavy atom. The minimum absolute atomic E-state index is 0.266. The van der Waals surface area contributed by atoms with Crippen molar-refractivity contribution in [2.24, 2.45) is 0 Å². The van der Waals surface area contributed by atoms with Gasteiger partial charge < -0.3 is 0 Å². The highest BCUT2D eigenvalue weighted by atomic mass is 79.9. The van der Waals surface area contributed by atoms with Crippen LogP contribution in [-0.4, -0.2) is 11.1 Å². The number of carbonyl (C=O) groups is 1. The largest absolute Gasteiger partial charge is 0.294 e. The summed E-state index contributed by atoms with van der Waals surface area (Å²) in [6, 6.07) is 7.87. The fourth-order valence-corrected chi connectivity index (χ4v) is 1.74. The number of hydrogen-bond donors (Lipinski definition) is 0. The maximum Gasteiger partial charge on any atom is 0.163 e. The Bertz CT molecular complexity index is 307. The molecule has 0 aliphatic carbocycles. The summed E-state index contributed by atoms with van der Waals surface area (Å²) in [5.41, 5.74) is 2.06. The van der Waals surface area contributed by atoms with Gasteiger partial charge in [0, 0.05) is 17.3 Å². The lowest BCUT2D eigenvalue weighted by Gasteiger charge is -2.05. The van der Waals surface area contributed by atoms with Crippen LogP contribution in [0.2, 0.25) is 0 Å². The topological polar surface area (TPSA) is 17.1 Å². The molecule has 0 aliphatic rings. The zero-order valence-electron chi connectivity index (χ0n) is 8.42. The normalized spacial score (nSPS) is 10.1. The summed E-state index contributed by atoms with van der Waals surface area (Å²) in [5, 5.41) is 0.896. The van der Waals surface area contributed by atoms with Gasteiger partial charge in [-0.05, 0) is 18.4 Å². The van der Waals surface area contributed by atoms with Crippen molar-refractivity contribution in [1.29, 1.82) is 0 Å². The molecule has 0 aromatic heterocycles. The van der Waals surface area contributed by atoms with Crippen LogP contribution in [-0.2, 0) is 6.42 Å². The molecular formula is C12H15BrO. The molecular weight excluding hydrogens is 240 g/mol. The molecule has 0 fully saturated rings. The van der Waals surface area contributed by atoms with Crippen molar-refractivity contribution >= 4 is 21.7 Å².